The van der Waals surface area contributed by atoms with E-state index in [1.165, 1.54) is 62.7 Å². The first-order valence-corrected chi connectivity index (χ1v) is 11.1. The Labute approximate surface area is 168 Å². The van der Waals surface area contributed by atoms with Crippen molar-refractivity contribution in [3.05, 3.63) is 45.6 Å². The molecule has 1 aliphatic carbocycles. The highest BCUT2D eigenvalue weighted by molar-refractivity contribution is 5.38. The average molecular weight is 383 g/mol. The highest BCUT2D eigenvalue weighted by Gasteiger charge is 2.25. The molecule has 1 N–H and O–H groups in total. The number of nitrogens with zero attached hydrogens (tertiary/aromatic N) is 3. The molecule has 2 aromatic rings. The maximum Gasteiger partial charge on any atom is 0.348 e. The third-order valence-corrected chi connectivity index (χ3v) is 6.56. The summed E-state index contributed by atoms with van der Waals surface area (Å²) in [4.78, 5) is 18.2. The molecule has 5 nitrogen and oxygen atoms in total. The van der Waals surface area contributed by atoms with Crippen LogP contribution in [0, 0.1) is 19.8 Å². The number of likely N-dealkylation sites (tertiary alicyclic amines) is 1. The number of nitrogens with one attached hydrogen (secondary N) is 1. The Hall–Kier alpha value is -1.88. The summed E-state index contributed by atoms with van der Waals surface area (Å²) in [5.74, 6) is 2.11. The molecule has 0 amide bonds. The van der Waals surface area contributed by atoms with Gasteiger partial charge in [-0.15, -0.1) is 5.10 Å². The van der Waals surface area contributed by atoms with Crippen molar-refractivity contribution in [2.45, 2.75) is 71.1 Å². The van der Waals surface area contributed by atoms with Crippen molar-refractivity contribution in [1.29, 1.82) is 0 Å². The molecule has 5 heteroatoms. The summed E-state index contributed by atoms with van der Waals surface area (Å²) in [6, 6.07) is 6.17. The van der Waals surface area contributed by atoms with Gasteiger partial charge >= 0.3 is 5.69 Å². The van der Waals surface area contributed by atoms with Crippen LogP contribution in [0.15, 0.2) is 23.0 Å². The fourth-order valence-electron chi connectivity index (χ4n) is 5.10. The fourth-order valence-corrected chi connectivity index (χ4v) is 5.10. The van der Waals surface area contributed by atoms with Crippen molar-refractivity contribution in [2.75, 3.05) is 19.6 Å². The number of benzene rings is 1. The van der Waals surface area contributed by atoms with Gasteiger partial charge in [-0.05, 0) is 75.4 Å². The molecule has 1 saturated carbocycles. The summed E-state index contributed by atoms with van der Waals surface area (Å²) in [5, 5.41) is 4.69. The van der Waals surface area contributed by atoms with Crippen molar-refractivity contribution >= 4 is 0 Å². The molecular weight excluding hydrogens is 348 g/mol. The van der Waals surface area contributed by atoms with Crippen molar-refractivity contribution in [1.82, 2.24) is 19.7 Å². The maximum absolute atomic E-state index is 12.6. The van der Waals surface area contributed by atoms with E-state index < -0.39 is 0 Å². The number of rotatable bonds is 5. The fraction of sp³-hybridized carbons (Fsp3) is 0.652. The van der Waals surface area contributed by atoms with E-state index in [2.05, 4.69) is 29.8 Å². The predicted molar refractivity (Wildman–Crippen MR) is 113 cm³/mol. The van der Waals surface area contributed by atoms with E-state index in [0.29, 0.717) is 5.92 Å². The summed E-state index contributed by atoms with van der Waals surface area (Å²) < 4.78 is 1.54. The van der Waals surface area contributed by atoms with Crippen molar-refractivity contribution in [3.8, 4) is 5.69 Å². The van der Waals surface area contributed by atoms with Crippen LogP contribution in [0.1, 0.15) is 74.2 Å². The molecule has 2 fully saturated rings. The lowest BCUT2D eigenvalue weighted by Crippen LogP contribution is -2.36. The van der Waals surface area contributed by atoms with Crippen LogP contribution in [-0.2, 0) is 0 Å². The lowest BCUT2D eigenvalue weighted by Gasteiger charge is -2.33. The first kappa shape index (κ1) is 19.4. The number of aromatic amines is 1. The zero-order valence-electron chi connectivity index (χ0n) is 17.4. The summed E-state index contributed by atoms with van der Waals surface area (Å²) in [5.41, 5.74) is 3.03. The number of H-pyrrole nitrogens is 1. The summed E-state index contributed by atoms with van der Waals surface area (Å²) in [6.07, 6.45) is 10.7. The lowest BCUT2D eigenvalue weighted by atomic mass is 9.86. The molecule has 1 aromatic heterocycles. The van der Waals surface area contributed by atoms with Gasteiger partial charge in [0.2, 0.25) is 0 Å². The van der Waals surface area contributed by atoms with E-state index in [1.807, 2.05) is 12.1 Å². The third-order valence-electron chi connectivity index (χ3n) is 6.56. The van der Waals surface area contributed by atoms with Gasteiger partial charge < -0.3 is 4.90 Å². The van der Waals surface area contributed by atoms with Crippen LogP contribution in [0.3, 0.4) is 0 Å². The third kappa shape index (κ3) is 4.57. The Morgan fingerprint density at radius 2 is 1.79 bits per heavy atom. The number of aryl methyl sites for hydroxylation is 2. The van der Waals surface area contributed by atoms with Crippen LogP contribution in [0.4, 0.5) is 0 Å². The van der Waals surface area contributed by atoms with Gasteiger partial charge in [-0.2, -0.15) is 4.68 Å². The van der Waals surface area contributed by atoms with E-state index in [4.69, 9.17) is 5.10 Å². The van der Waals surface area contributed by atoms with Gasteiger partial charge in [0.1, 0.15) is 5.82 Å². The van der Waals surface area contributed by atoms with Gasteiger partial charge in [-0.1, -0.05) is 38.2 Å². The average Bonchev–Trinajstić information content (AvgIpc) is 3.08. The molecule has 2 heterocycles. The second-order valence-electron chi connectivity index (χ2n) is 9.01. The Morgan fingerprint density at radius 1 is 1.04 bits per heavy atom. The molecular formula is C23H34N4O. The van der Waals surface area contributed by atoms with Gasteiger partial charge in [0.25, 0.3) is 0 Å². The van der Waals surface area contributed by atoms with Crippen LogP contribution < -0.4 is 5.69 Å². The van der Waals surface area contributed by atoms with E-state index in [9.17, 15) is 4.79 Å². The van der Waals surface area contributed by atoms with E-state index in [-0.39, 0.29) is 5.69 Å². The lowest BCUT2D eigenvalue weighted by molar-refractivity contribution is 0.182. The van der Waals surface area contributed by atoms with Gasteiger partial charge in [0, 0.05) is 12.5 Å². The molecule has 0 spiro atoms. The van der Waals surface area contributed by atoms with Crippen LogP contribution in [-0.4, -0.2) is 39.3 Å². The Balaban J connectivity index is 1.43. The molecule has 1 aromatic carbocycles. The highest BCUT2D eigenvalue weighted by Crippen LogP contribution is 2.28. The first-order valence-electron chi connectivity index (χ1n) is 11.1. The molecule has 1 atom stereocenters. The molecule has 0 radical (unpaired) electrons. The van der Waals surface area contributed by atoms with E-state index in [1.54, 1.807) is 0 Å². The number of hydrogen-bond donors (Lipinski definition) is 1. The first-order chi connectivity index (χ1) is 13.6. The largest absolute Gasteiger partial charge is 0.348 e. The topological polar surface area (TPSA) is 53.9 Å². The van der Waals surface area contributed by atoms with Crippen LogP contribution >= 0.6 is 0 Å². The van der Waals surface area contributed by atoms with Crippen molar-refractivity contribution in [2.24, 2.45) is 5.92 Å². The van der Waals surface area contributed by atoms with Gasteiger partial charge in [0.15, 0.2) is 0 Å². The van der Waals surface area contributed by atoms with Gasteiger partial charge in [0.05, 0.1) is 5.69 Å². The van der Waals surface area contributed by atoms with Crippen LogP contribution in [0.25, 0.3) is 5.69 Å². The predicted octanol–water partition coefficient (Wildman–Crippen LogP) is 4.33. The molecule has 0 bridgehead atoms. The maximum atomic E-state index is 12.6. The monoisotopic (exact) mass is 382 g/mol. The summed E-state index contributed by atoms with van der Waals surface area (Å²) in [6.45, 7) is 7.52. The number of piperidine rings is 1. The Bertz CT molecular complexity index is 826. The molecule has 2 aliphatic rings. The quantitative estimate of drug-likeness (QED) is 0.837. The molecule has 0 unspecified atom stereocenters. The smallest absolute Gasteiger partial charge is 0.303 e. The van der Waals surface area contributed by atoms with E-state index >= 15 is 0 Å². The summed E-state index contributed by atoms with van der Waals surface area (Å²) in [7, 11) is 0. The minimum absolute atomic E-state index is 0.126. The highest BCUT2D eigenvalue weighted by atomic mass is 16.1. The zero-order chi connectivity index (χ0) is 19.5. The second kappa shape index (κ2) is 8.64. The summed E-state index contributed by atoms with van der Waals surface area (Å²) >= 11 is 0. The standard InChI is InChI=1S/C23H34N4O/c1-17-13-18(2)15-21(14-17)27-23(28)24-22(25-27)20-9-6-11-26(16-20)12-10-19-7-4-3-5-8-19/h13-15,19-20H,3-12,16H2,1-2H3,(H,24,25,28)/t20-/m0/s1. The van der Waals surface area contributed by atoms with Crippen molar-refractivity contribution in [3.63, 3.8) is 0 Å². The molecule has 152 valence electrons. The minimum Gasteiger partial charge on any atom is -0.303 e. The molecule has 1 saturated heterocycles. The molecule has 1 aliphatic heterocycles. The zero-order valence-corrected chi connectivity index (χ0v) is 17.4. The van der Waals surface area contributed by atoms with Crippen molar-refractivity contribution < 1.29 is 0 Å². The molecule has 28 heavy (non-hydrogen) atoms. The van der Waals surface area contributed by atoms with Gasteiger partial charge in [-0.25, -0.2) is 4.79 Å². The Morgan fingerprint density at radius 3 is 2.54 bits per heavy atom. The number of aromatic nitrogens is 3. The second-order valence-corrected chi connectivity index (χ2v) is 9.01. The van der Waals surface area contributed by atoms with Crippen LogP contribution in [0.2, 0.25) is 0 Å². The minimum atomic E-state index is -0.126. The van der Waals surface area contributed by atoms with Crippen LogP contribution in [0.5, 0.6) is 0 Å². The van der Waals surface area contributed by atoms with E-state index in [0.717, 1.165) is 41.5 Å². The van der Waals surface area contributed by atoms with Gasteiger partial charge in [-0.3, -0.25) is 4.98 Å². The number of hydrogen-bond acceptors (Lipinski definition) is 3. The SMILES string of the molecule is Cc1cc(C)cc(-n2nc([C@H]3CCCN(CCC4CCCCC4)C3)[nH]c2=O)c1. The Kier molecular flexibility index (Phi) is 6.00. The molecule has 4 rings (SSSR count). The normalized spacial score (nSPS) is 21.9.